The van der Waals surface area contributed by atoms with Crippen molar-refractivity contribution in [3.8, 4) is 5.75 Å². The van der Waals surface area contributed by atoms with Crippen LogP contribution in [0, 0.1) is 13.8 Å². The normalized spacial score (nSPS) is 17.3. The first kappa shape index (κ1) is 14.3. The number of ether oxygens (including phenoxy) is 1. The number of aromatic nitrogens is 1. The Bertz CT molecular complexity index is 861. The molecule has 3 heteroatoms. The van der Waals surface area contributed by atoms with Crippen molar-refractivity contribution in [1.29, 1.82) is 0 Å². The maximum atomic E-state index is 5.27. The number of benzene rings is 2. The Labute approximate surface area is 136 Å². The van der Waals surface area contributed by atoms with Crippen molar-refractivity contribution in [3.05, 3.63) is 64.3 Å². The molecule has 2 aromatic carbocycles. The molecule has 0 fully saturated rings. The summed E-state index contributed by atoms with van der Waals surface area (Å²) in [4.78, 5) is 3.68. The van der Waals surface area contributed by atoms with E-state index < -0.39 is 0 Å². The van der Waals surface area contributed by atoms with Gasteiger partial charge in [0.15, 0.2) is 0 Å². The highest BCUT2D eigenvalue weighted by Crippen LogP contribution is 2.35. The van der Waals surface area contributed by atoms with Crippen molar-refractivity contribution in [3.63, 3.8) is 0 Å². The first-order chi connectivity index (χ1) is 11.2. The molecule has 1 aromatic heterocycles. The van der Waals surface area contributed by atoms with Crippen molar-refractivity contribution < 1.29 is 4.74 Å². The number of fused-ring (bicyclic) bond motifs is 3. The van der Waals surface area contributed by atoms with Gasteiger partial charge in [-0.1, -0.05) is 18.2 Å². The summed E-state index contributed by atoms with van der Waals surface area (Å²) in [5.41, 5.74) is 7.99. The monoisotopic (exact) mass is 306 g/mol. The summed E-state index contributed by atoms with van der Waals surface area (Å²) < 4.78 is 5.27. The largest absolute Gasteiger partial charge is 0.497 e. The summed E-state index contributed by atoms with van der Waals surface area (Å²) >= 11 is 0. The van der Waals surface area contributed by atoms with Gasteiger partial charge in [-0.25, -0.2) is 0 Å². The molecule has 0 saturated carbocycles. The maximum absolute atomic E-state index is 5.27. The first-order valence-corrected chi connectivity index (χ1v) is 8.16. The number of hydrogen-bond acceptors (Lipinski definition) is 2. The van der Waals surface area contributed by atoms with Crippen LogP contribution in [-0.2, 0) is 6.42 Å². The molecule has 1 aliphatic rings. The van der Waals surface area contributed by atoms with E-state index in [2.05, 4.69) is 48.4 Å². The Kier molecular flexibility index (Phi) is 3.38. The van der Waals surface area contributed by atoms with Gasteiger partial charge in [0.05, 0.1) is 13.2 Å². The molecule has 3 aromatic rings. The average Bonchev–Trinajstić information content (AvgIpc) is 2.93. The number of methoxy groups -OCH3 is 1. The zero-order valence-corrected chi connectivity index (χ0v) is 13.9. The van der Waals surface area contributed by atoms with Gasteiger partial charge in [-0.2, -0.15) is 0 Å². The predicted molar refractivity (Wildman–Crippen MR) is 94.3 cm³/mol. The van der Waals surface area contributed by atoms with Crippen LogP contribution in [0.1, 0.15) is 34.0 Å². The standard InChI is InChI=1S/C20H22N2O/c1-12-10-13(2)18-16-8-9-21-19(20(16)22-17(18)11-12)14-4-6-15(23-3)7-5-14/h4-7,10-11,19,21-22H,8-9H2,1-3H3. The SMILES string of the molecule is COc1ccc(C2NCCc3c2[nH]c2cc(C)cc(C)c32)cc1. The molecule has 0 radical (unpaired) electrons. The molecule has 118 valence electrons. The Hall–Kier alpha value is -2.26. The third kappa shape index (κ3) is 2.32. The summed E-state index contributed by atoms with van der Waals surface area (Å²) in [6.07, 6.45) is 1.08. The van der Waals surface area contributed by atoms with E-state index >= 15 is 0 Å². The van der Waals surface area contributed by atoms with E-state index in [0.29, 0.717) is 0 Å². The second kappa shape index (κ2) is 5.43. The quantitative estimate of drug-likeness (QED) is 0.750. The molecule has 0 spiro atoms. The Balaban J connectivity index is 1.86. The molecule has 4 rings (SSSR count). The van der Waals surface area contributed by atoms with Gasteiger partial charge >= 0.3 is 0 Å². The summed E-state index contributed by atoms with van der Waals surface area (Å²) in [7, 11) is 1.70. The lowest BCUT2D eigenvalue weighted by molar-refractivity contribution is 0.414. The van der Waals surface area contributed by atoms with Crippen molar-refractivity contribution in [2.24, 2.45) is 0 Å². The molecule has 0 bridgehead atoms. The number of nitrogens with one attached hydrogen (secondary N) is 2. The number of rotatable bonds is 2. The van der Waals surface area contributed by atoms with Crippen LogP contribution in [0.15, 0.2) is 36.4 Å². The molecule has 1 unspecified atom stereocenters. The second-order valence-electron chi connectivity index (χ2n) is 6.43. The van der Waals surface area contributed by atoms with Crippen LogP contribution in [-0.4, -0.2) is 18.6 Å². The second-order valence-corrected chi connectivity index (χ2v) is 6.43. The van der Waals surface area contributed by atoms with E-state index in [1.54, 1.807) is 7.11 Å². The van der Waals surface area contributed by atoms with Crippen LogP contribution in [0.25, 0.3) is 10.9 Å². The van der Waals surface area contributed by atoms with Crippen molar-refractivity contribution >= 4 is 10.9 Å². The van der Waals surface area contributed by atoms with Crippen molar-refractivity contribution in [2.75, 3.05) is 13.7 Å². The van der Waals surface area contributed by atoms with E-state index in [-0.39, 0.29) is 6.04 Å². The predicted octanol–water partition coefficient (Wildman–Crippen LogP) is 4.03. The fourth-order valence-corrected chi connectivity index (χ4v) is 3.85. The molecular weight excluding hydrogens is 284 g/mol. The molecular formula is C20H22N2O. The van der Waals surface area contributed by atoms with Gasteiger partial charge in [0.25, 0.3) is 0 Å². The van der Waals surface area contributed by atoms with Gasteiger partial charge in [-0.05, 0) is 60.7 Å². The fraction of sp³-hybridized carbons (Fsp3) is 0.300. The molecule has 1 atom stereocenters. The molecule has 1 aliphatic heterocycles. The highest BCUT2D eigenvalue weighted by atomic mass is 16.5. The third-order valence-electron chi connectivity index (χ3n) is 4.84. The van der Waals surface area contributed by atoms with Crippen molar-refractivity contribution in [1.82, 2.24) is 10.3 Å². The van der Waals surface area contributed by atoms with Crippen LogP contribution in [0.4, 0.5) is 0 Å². The fourth-order valence-electron chi connectivity index (χ4n) is 3.85. The molecule has 0 saturated heterocycles. The third-order valence-corrected chi connectivity index (χ3v) is 4.84. The molecule has 0 amide bonds. The van der Waals surface area contributed by atoms with Gasteiger partial charge in [0.2, 0.25) is 0 Å². The minimum Gasteiger partial charge on any atom is -0.497 e. The van der Waals surface area contributed by atoms with Gasteiger partial charge in [0, 0.05) is 23.1 Å². The van der Waals surface area contributed by atoms with Crippen LogP contribution < -0.4 is 10.1 Å². The van der Waals surface area contributed by atoms with E-state index in [1.165, 1.54) is 38.9 Å². The smallest absolute Gasteiger partial charge is 0.118 e. The summed E-state index contributed by atoms with van der Waals surface area (Å²) in [6.45, 7) is 5.38. The zero-order valence-electron chi connectivity index (χ0n) is 13.9. The van der Waals surface area contributed by atoms with Gasteiger partial charge in [-0.3, -0.25) is 0 Å². The number of aromatic amines is 1. The Morgan fingerprint density at radius 1 is 1.09 bits per heavy atom. The van der Waals surface area contributed by atoms with E-state index in [1.807, 2.05) is 12.1 Å². The molecule has 2 heterocycles. The van der Waals surface area contributed by atoms with Gasteiger partial charge in [-0.15, -0.1) is 0 Å². The number of hydrogen-bond donors (Lipinski definition) is 2. The highest BCUT2D eigenvalue weighted by molar-refractivity contribution is 5.89. The van der Waals surface area contributed by atoms with Crippen LogP contribution >= 0.6 is 0 Å². The highest BCUT2D eigenvalue weighted by Gasteiger charge is 2.25. The molecule has 3 nitrogen and oxygen atoms in total. The minimum atomic E-state index is 0.219. The summed E-state index contributed by atoms with van der Waals surface area (Å²) in [5, 5.41) is 5.06. The van der Waals surface area contributed by atoms with Crippen LogP contribution in [0.5, 0.6) is 5.75 Å². The van der Waals surface area contributed by atoms with Crippen molar-refractivity contribution in [2.45, 2.75) is 26.3 Å². The molecule has 0 aliphatic carbocycles. The topological polar surface area (TPSA) is 37.0 Å². The maximum Gasteiger partial charge on any atom is 0.118 e. The average molecular weight is 306 g/mol. The lowest BCUT2D eigenvalue weighted by Crippen LogP contribution is -2.30. The first-order valence-electron chi connectivity index (χ1n) is 8.16. The van der Waals surface area contributed by atoms with Gasteiger partial charge in [0.1, 0.15) is 5.75 Å². The Morgan fingerprint density at radius 2 is 1.87 bits per heavy atom. The lowest BCUT2D eigenvalue weighted by atomic mass is 9.93. The summed E-state index contributed by atoms with van der Waals surface area (Å²) in [5.74, 6) is 0.896. The summed E-state index contributed by atoms with van der Waals surface area (Å²) in [6, 6.07) is 13.1. The van der Waals surface area contributed by atoms with Crippen LogP contribution in [0.3, 0.4) is 0 Å². The lowest BCUT2D eigenvalue weighted by Gasteiger charge is -2.25. The van der Waals surface area contributed by atoms with E-state index in [4.69, 9.17) is 4.74 Å². The van der Waals surface area contributed by atoms with E-state index in [9.17, 15) is 0 Å². The molecule has 2 N–H and O–H groups in total. The zero-order chi connectivity index (χ0) is 16.0. The minimum absolute atomic E-state index is 0.219. The van der Waals surface area contributed by atoms with E-state index in [0.717, 1.165) is 18.7 Å². The number of H-pyrrole nitrogens is 1. The van der Waals surface area contributed by atoms with Gasteiger partial charge < -0.3 is 15.0 Å². The number of aryl methyl sites for hydroxylation is 2. The van der Waals surface area contributed by atoms with Crippen LogP contribution in [0.2, 0.25) is 0 Å². The Morgan fingerprint density at radius 3 is 2.61 bits per heavy atom. The molecule has 23 heavy (non-hydrogen) atoms.